The molecule has 0 spiro atoms. The molecule has 0 radical (unpaired) electrons. The van der Waals surface area contributed by atoms with Crippen molar-refractivity contribution in [3.05, 3.63) is 0 Å². The Morgan fingerprint density at radius 2 is 2.50 bits per heavy atom. The molecule has 1 saturated heterocycles. The molecule has 1 heterocycles. The van der Waals surface area contributed by atoms with E-state index in [1.807, 2.05) is 5.01 Å². The van der Waals surface area contributed by atoms with E-state index in [9.17, 15) is 0 Å². The highest BCUT2D eigenvalue weighted by Gasteiger charge is 2.27. The predicted octanol–water partition coefficient (Wildman–Crippen LogP) is -0.931. The normalized spacial score (nSPS) is 43.0. The first-order valence-electron chi connectivity index (χ1n) is 2.07. The number of hydrogen-bond acceptors (Lipinski definition) is 3. The Bertz CT molecular complexity index is 52.0. The lowest BCUT2D eigenvalue weighted by molar-refractivity contribution is 0.388. The molecule has 3 nitrogen and oxygen atoms in total. The average Bonchev–Trinajstić information content (AvgIpc) is 2.19. The Labute approximate surface area is 37.1 Å². The lowest BCUT2D eigenvalue weighted by atomic mass is 10.6. The first kappa shape index (κ1) is 4.05. The summed E-state index contributed by atoms with van der Waals surface area (Å²) in [6, 6.07) is 0.662. The van der Waals surface area contributed by atoms with Crippen LogP contribution in [0.15, 0.2) is 0 Å². The molecule has 0 aromatic rings. The number of rotatable bonds is 1. The summed E-state index contributed by atoms with van der Waals surface area (Å²) in [5, 5.41) is 1.94. The van der Waals surface area contributed by atoms with Gasteiger partial charge in [-0.3, -0.25) is 5.84 Å². The highest BCUT2D eigenvalue weighted by molar-refractivity contribution is 4.78. The van der Waals surface area contributed by atoms with Crippen molar-refractivity contribution in [2.45, 2.75) is 13.0 Å². The van der Waals surface area contributed by atoms with Crippen LogP contribution < -0.4 is 11.4 Å². The molecule has 3 N–H and O–H groups in total. The molecule has 0 aromatic heterocycles. The second-order valence-corrected chi connectivity index (χ2v) is 1.63. The highest BCUT2D eigenvalue weighted by Crippen LogP contribution is 2.08. The molecule has 0 amide bonds. The van der Waals surface area contributed by atoms with E-state index < -0.39 is 0 Å². The third kappa shape index (κ3) is 0.518. The van der Waals surface area contributed by atoms with E-state index in [-0.39, 0.29) is 0 Å². The van der Waals surface area contributed by atoms with Crippen LogP contribution in [0, 0.1) is 0 Å². The van der Waals surface area contributed by atoms with Crippen molar-refractivity contribution in [1.82, 2.24) is 10.5 Å². The summed E-state index contributed by atoms with van der Waals surface area (Å²) in [6.45, 7) is 3.20. The summed E-state index contributed by atoms with van der Waals surface area (Å²) in [7, 11) is 0. The molecule has 1 aliphatic rings. The Balaban J connectivity index is 2.09. The zero-order valence-corrected chi connectivity index (χ0v) is 3.81. The van der Waals surface area contributed by atoms with Crippen molar-refractivity contribution in [3.8, 4) is 0 Å². The number of hydrogen-bond donors (Lipinski definition) is 2. The summed E-state index contributed by atoms with van der Waals surface area (Å²) in [5.41, 5.74) is 2.52. The van der Waals surface area contributed by atoms with Gasteiger partial charge in [0.1, 0.15) is 0 Å². The van der Waals surface area contributed by atoms with E-state index in [1.165, 1.54) is 0 Å². The van der Waals surface area contributed by atoms with Crippen LogP contribution in [0.3, 0.4) is 0 Å². The Hall–Kier alpha value is -0.120. The molecular formula is C3H9N3. The zero-order chi connectivity index (χ0) is 4.57. The SMILES string of the molecule is C[C@H]1CN1NN. The van der Waals surface area contributed by atoms with Gasteiger partial charge in [-0.05, 0) is 6.92 Å². The maximum absolute atomic E-state index is 5.00. The maximum atomic E-state index is 5.00. The minimum atomic E-state index is 0.662. The van der Waals surface area contributed by atoms with E-state index in [1.54, 1.807) is 0 Å². The van der Waals surface area contributed by atoms with Crippen LogP contribution in [0.5, 0.6) is 0 Å². The van der Waals surface area contributed by atoms with E-state index in [2.05, 4.69) is 12.5 Å². The van der Waals surface area contributed by atoms with Gasteiger partial charge in [-0.25, -0.2) is 5.01 Å². The van der Waals surface area contributed by atoms with Crippen LogP contribution in [0.25, 0.3) is 0 Å². The summed E-state index contributed by atoms with van der Waals surface area (Å²) < 4.78 is 0. The lowest BCUT2D eigenvalue weighted by Crippen LogP contribution is -2.29. The fourth-order valence-electron chi connectivity index (χ4n) is 0.417. The van der Waals surface area contributed by atoms with Crippen molar-refractivity contribution in [2.24, 2.45) is 5.84 Å². The fourth-order valence-corrected chi connectivity index (χ4v) is 0.417. The molecule has 1 aliphatic heterocycles. The van der Waals surface area contributed by atoms with Gasteiger partial charge in [0.25, 0.3) is 0 Å². The quantitative estimate of drug-likeness (QED) is 0.246. The van der Waals surface area contributed by atoms with Crippen molar-refractivity contribution in [1.29, 1.82) is 0 Å². The number of hydrazine groups is 2. The van der Waals surface area contributed by atoms with Gasteiger partial charge >= 0.3 is 0 Å². The topological polar surface area (TPSA) is 41.1 Å². The Morgan fingerprint density at radius 1 is 2.00 bits per heavy atom. The van der Waals surface area contributed by atoms with Gasteiger partial charge in [-0.2, -0.15) is 5.53 Å². The van der Waals surface area contributed by atoms with Crippen molar-refractivity contribution < 1.29 is 0 Å². The molecule has 1 rings (SSSR count). The van der Waals surface area contributed by atoms with Gasteiger partial charge in [-0.1, -0.05) is 0 Å². The monoisotopic (exact) mass is 87.1 g/mol. The standard InChI is InChI=1S/C3H9N3/c1-3-2-6(3)5-4/h3,5H,2,4H2,1H3/t3-,6?/m0/s1. The predicted molar refractivity (Wildman–Crippen MR) is 23.5 cm³/mol. The van der Waals surface area contributed by atoms with Crippen molar-refractivity contribution in [2.75, 3.05) is 6.54 Å². The van der Waals surface area contributed by atoms with Gasteiger partial charge in [0.2, 0.25) is 0 Å². The first-order valence-corrected chi connectivity index (χ1v) is 2.07. The van der Waals surface area contributed by atoms with E-state index in [0.717, 1.165) is 6.54 Å². The number of nitrogens with one attached hydrogen (secondary N) is 1. The van der Waals surface area contributed by atoms with Gasteiger partial charge in [0.05, 0.1) is 0 Å². The average molecular weight is 87.1 g/mol. The largest absolute Gasteiger partial charge is 0.258 e. The smallest absolute Gasteiger partial charge is 0.0371 e. The minimum Gasteiger partial charge on any atom is -0.258 e. The van der Waals surface area contributed by atoms with E-state index in [0.29, 0.717) is 6.04 Å². The summed E-state index contributed by atoms with van der Waals surface area (Å²) in [4.78, 5) is 0. The van der Waals surface area contributed by atoms with Crippen LogP contribution in [0.4, 0.5) is 0 Å². The second kappa shape index (κ2) is 1.18. The molecule has 6 heavy (non-hydrogen) atoms. The van der Waals surface area contributed by atoms with Gasteiger partial charge in [0.15, 0.2) is 0 Å². The van der Waals surface area contributed by atoms with Crippen LogP contribution >= 0.6 is 0 Å². The highest BCUT2D eigenvalue weighted by atomic mass is 15.7. The molecule has 0 aliphatic carbocycles. The van der Waals surface area contributed by atoms with Crippen LogP contribution in [0.1, 0.15) is 6.92 Å². The van der Waals surface area contributed by atoms with Crippen molar-refractivity contribution >= 4 is 0 Å². The third-order valence-electron chi connectivity index (χ3n) is 1.03. The second-order valence-electron chi connectivity index (χ2n) is 1.63. The van der Waals surface area contributed by atoms with Gasteiger partial charge < -0.3 is 0 Å². The molecule has 36 valence electrons. The molecule has 0 aromatic carbocycles. The van der Waals surface area contributed by atoms with E-state index >= 15 is 0 Å². The molecular weight excluding hydrogens is 78.1 g/mol. The molecule has 1 fully saturated rings. The summed E-state index contributed by atoms with van der Waals surface area (Å²) in [5.74, 6) is 5.00. The van der Waals surface area contributed by atoms with Gasteiger partial charge in [0, 0.05) is 12.6 Å². The number of nitrogens with two attached hydrogens (primary N) is 1. The Kier molecular flexibility index (Phi) is 0.799. The third-order valence-corrected chi connectivity index (χ3v) is 1.03. The van der Waals surface area contributed by atoms with Crippen molar-refractivity contribution in [3.63, 3.8) is 0 Å². The molecule has 3 heteroatoms. The van der Waals surface area contributed by atoms with Gasteiger partial charge in [-0.15, -0.1) is 0 Å². The molecule has 2 atom stereocenters. The number of nitrogens with zero attached hydrogens (tertiary/aromatic N) is 1. The fraction of sp³-hybridized carbons (Fsp3) is 1.00. The maximum Gasteiger partial charge on any atom is 0.0371 e. The molecule has 0 saturated carbocycles. The lowest BCUT2D eigenvalue weighted by Gasteiger charge is -1.91. The van der Waals surface area contributed by atoms with Crippen LogP contribution in [0.2, 0.25) is 0 Å². The summed E-state index contributed by atoms with van der Waals surface area (Å²) in [6.07, 6.45) is 0. The van der Waals surface area contributed by atoms with Crippen LogP contribution in [-0.2, 0) is 0 Å². The summed E-state index contributed by atoms with van der Waals surface area (Å²) >= 11 is 0. The Morgan fingerprint density at radius 3 is 2.50 bits per heavy atom. The minimum absolute atomic E-state index is 0.662. The first-order chi connectivity index (χ1) is 2.84. The van der Waals surface area contributed by atoms with E-state index in [4.69, 9.17) is 5.84 Å². The zero-order valence-electron chi connectivity index (χ0n) is 3.81. The molecule has 1 unspecified atom stereocenters. The van der Waals surface area contributed by atoms with Crippen LogP contribution in [-0.4, -0.2) is 17.6 Å². The molecule has 0 bridgehead atoms.